The number of halogens is 1. The normalized spacial score (nSPS) is 20.0. The van der Waals surface area contributed by atoms with E-state index in [9.17, 15) is 4.79 Å². The molecule has 18 heavy (non-hydrogen) atoms. The van der Waals surface area contributed by atoms with Crippen LogP contribution in [0.2, 0.25) is 5.02 Å². The number of amides is 1. The Labute approximate surface area is 112 Å². The molecule has 0 bridgehead atoms. The molecule has 1 amide bonds. The second kappa shape index (κ2) is 5.59. The molecule has 1 aliphatic rings. The Bertz CT molecular complexity index is 450. The second-order valence-electron chi connectivity index (χ2n) is 4.74. The van der Waals surface area contributed by atoms with Gasteiger partial charge in [0, 0.05) is 11.1 Å². The molecule has 5 heteroatoms. The number of benzene rings is 1. The highest BCUT2D eigenvalue weighted by atomic mass is 35.5. The highest BCUT2D eigenvalue weighted by molar-refractivity contribution is 6.31. The van der Waals surface area contributed by atoms with Crippen LogP contribution in [-0.2, 0) is 4.79 Å². The van der Waals surface area contributed by atoms with Crippen molar-refractivity contribution in [2.24, 2.45) is 0 Å². The van der Waals surface area contributed by atoms with Crippen molar-refractivity contribution < 1.29 is 4.79 Å². The van der Waals surface area contributed by atoms with Crippen LogP contribution in [0.25, 0.3) is 0 Å². The van der Waals surface area contributed by atoms with Gasteiger partial charge in [0.2, 0.25) is 5.91 Å². The van der Waals surface area contributed by atoms with Gasteiger partial charge in [0.15, 0.2) is 0 Å². The predicted molar refractivity (Wildman–Crippen MR) is 74.8 cm³/mol. The van der Waals surface area contributed by atoms with E-state index in [1.807, 2.05) is 0 Å². The highest BCUT2D eigenvalue weighted by Crippen LogP contribution is 2.23. The number of nitrogens with zero attached hydrogens (tertiary/aromatic N) is 1. The Morgan fingerprint density at radius 3 is 3.06 bits per heavy atom. The first-order valence-electron chi connectivity index (χ1n) is 6.15. The number of hydrogen-bond donors (Lipinski definition) is 2. The van der Waals surface area contributed by atoms with E-state index in [1.165, 1.54) is 0 Å². The number of hydrogen-bond acceptors (Lipinski definition) is 3. The highest BCUT2D eigenvalue weighted by Gasteiger charge is 2.22. The molecular weight excluding hydrogens is 250 g/mol. The lowest BCUT2D eigenvalue weighted by Gasteiger charge is -2.20. The molecular formula is C13H18ClN3O. The third-order valence-corrected chi connectivity index (χ3v) is 3.56. The molecule has 1 atom stereocenters. The number of carbonyl (C=O) groups is 1. The molecule has 1 fully saturated rings. The van der Waals surface area contributed by atoms with Crippen LogP contribution in [0, 0.1) is 0 Å². The summed E-state index contributed by atoms with van der Waals surface area (Å²) in [6.07, 6.45) is 2.32. The number of anilines is 2. The maximum atomic E-state index is 11.9. The average Bonchev–Trinajstić information content (AvgIpc) is 2.70. The van der Waals surface area contributed by atoms with Gasteiger partial charge in [0.05, 0.1) is 17.9 Å². The van der Waals surface area contributed by atoms with Gasteiger partial charge in [-0.1, -0.05) is 11.6 Å². The SMILES string of the molecule is CC1CCCN1CC(=O)Nc1cc(Cl)ccc1N. The van der Waals surface area contributed by atoms with Crippen molar-refractivity contribution >= 4 is 28.9 Å². The summed E-state index contributed by atoms with van der Waals surface area (Å²) in [5.41, 5.74) is 6.90. The van der Waals surface area contributed by atoms with Crippen LogP contribution in [0.4, 0.5) is 11.4 Å². The Kier molecular flexibility index (Phi) is 4.09. The predicted octanol–water partition coefficient (Wildman–Crippen LogP) is 2.35. The van der Waals surface area contributed by atoms with Gasteiger partial charge in [-0.15, -0.1) is 0 Å². The maximum absolute atomic E-state index is 11.9. The van der Waals surface area contributed by atoms with Crippen molar-refractivity contribution in [3.8, 4) is 0 Å². The molecule has 1 aromatic rings. The van der Waals surface area contributed by atoms with Crippen molar-refractivity contribution in [1.82, 2.24) is 4.90 Å². The quantitative estimate of drug-likeness (QED) is 0.827. The van der Waals surface area contributed by atoms with Gasteiger partial charge in [0.1, 0.15) is 0 Å². The van der Waals surface area contributed by atoms with Crippen molar-refractivity contribution in [2.45, 2.75) is 25.8 Å². The number of nitrogens with two attached hydrogens (primary N) is 1. The van der Waals surface area contributed by atoms with Gasteiger partial charge in [-0.05, 0) is 44.5 Å². The summed E-state index contributed by atoms with van der Waals surface area (Å²) in [5, 5.41) is 3.37. The van der Waals surface area contributed by atoms with Crippen LogP contribution < -0.4 is 11.1 Å². The van der Waals surface area contributed by atoms with Crippen molar-refractivity contribution in [2.75, 3.05) is 24.1 Å². The summed E-state index contributed by atoms with van der Waals surface area (Å²) in [4.78, 5) is 14.1. The topological polar surface area (TPSA) is 58.4 Å². The zero-order valence-electron chi connectivity index (χ0n) is 10.4. The Balaban J connectivity index is 1.96. The second-order valence-corrected chi connectivity index (χ2v) is 5.18. The number of likely N-dealkylation sites (tertiary alicyclic amines) is 1. The van der Waals surface area contributed by atoms with Gasteiger partial charge >= 0.3 is 0 Å². The van der Waals surface area contributed by atoms with Gasteiger partial charge in [-0.3, -0.25) is 9.69 Å². The minimum atomic E-state index is -0.0438. The summed E-state index contributed by atoms with van der Waals surface area (Å²) in [7, 11) is 0. The molecule has 1 aliphatic heterocycles. The zero-order valence-corrected chi connectivity index (χ0v) is 11.2. The molecule has 0 saturated carbocycles. The van der Waals surface area contributed by atoms with Crippen LogP contribution in [0.5, 0.6) is 0 Å². The van der Waals surface area contributed by atoms with Gasteiger partial charge in [-0.2, -0.15) is 0 Å². The minimum Gasteiger partial charge on any atom is -0.397 e. The van der Waals surface area contributed by atoms with E-state index < -0.39 is 0 Å². The van der Waals surface area contributed by atoms with Crippen molar-refractivity contribution in [3.05, 3.63) is 23.2 Å². The molecule has 0 aliphatic carbocycles. The van der Waals surface area contributed by atoms with Crippen LogP contribution in [0.15, 0.2) is 18.2 Å². The fraction of sp³-hybridized carbons (Fsp3) is 0.462. The molecule has 1 heterocycles. The summed E-state index contributed by atoms with van der Waals surface area (Å²) in [6, 6.07) is 5.54. The summed E-state index contributed by atoms with van der Waals surface area (Å²) in [6.45, 7) is 3.54. The lowest BCUT2D eigenvalue weighted by atomic mass is 10.2. The monoisotopic (exact) mass is 267 g/mol. The largest absolute Gasteiger partial charge is 0.397 e. The molecule has 3 N–H and O–H groups in total. The minimum absolute atomic E-state index is 0.0438. The molecule has 2 rings (SSSR count). The molecule has 98 valence electrons. The Hall–Kier alpha value is -1.26. The Morgan fingerprint density at radius 1 is 1.61 bits per heavy atom. The van der Waals surface area contributed by atoms with E-state index in [1.54, 1.807) is 18.2 Å². The number of nitrogens with one attached hydrogen (secondary N) is 1. The first kappa shape index (κ1) is 13.2. The fourth-order valence-electron chi connectivity index (χ4n) is 2.24. The smallest absolute Gasteiger partial charge is 0.238 e. The molecule has 1 unspecified atom stereocenters. The molecule has 1 saturated heterocycles. The first-order chi connectivity index (χ1) is 8.56. The van der Waals surface area contributed by atoms with Crippen LogP contribution in [-0.4, -0.2) is 29.9 Å². The number of nitrogen functional groups attached to an aromatic ring is 1. The van der Waals surface area contributed by atoms with E-state index in [0.717, 1.165) is 19.4 Å². The third kappa shape index (κ3) is 3.15. The molecule has 0 radical (unpaired) electrons. The van der Waals surface area contributed by atoms with E-state index in [-0.39, 0.29) is 5.91 Å². The van der Waals surface area contributed by atoms with Crippen molar-refractivity contribution in [1.29, 1.82) is 0 Å². The summed E-state index contributed by atoms with van der Waals surface area (Å²) in [5.74, 6) is -0.0438. The van der Waals surface area contributed by atoms with Crippen LogP contribution in [0.1, 0.15) is 19.8 Å². The van der Waals surface area contributed by atoms with E-state index in [0.29, 0.717) is 29.0 Å². The van der Waals surface area contributed by atoms with Crippen molar-refractivity contribution in [3.63, 3.8) is 0 Å². The lowest BCUT2D eigenvalue weighted by Crippen LogP contribution is -2.35. The van der Waals surface area contributed by atoms with Crippen LogP contribution in [0.3, 0.4) is 0 Å². The summed E-state index contributed by atoms with van der Waals surface area (Å²) >= 11 is 5.88. The Morgan fingerprint density at radius 2 is 2.39 bits per heavy atom. The van der Waals surface area contributed by atoms with Gasteiger partial charge in [-0.25, -0.2) is 0 Å². The average molecular weight is 268 g/mol. The number of rotatable bonds is 3. The zero-order chi connectivity index (χ0) is 13.1. The molecule has 0 aromatic heterocycles. The first-order valence-corrected chi connectivity index (χ1v) is 6.53. The van der Waals surface area contributed by atoms with Crippen LogP contribution >= 0.6 is 11.6 Å². The maximum Gasteiger partial charge on any atom is 0.238 e. The van der Waals surface area contributed by atoms with Gasteiger partial charge in [0.25, 0.3) is 0 Å². The van der Waals surface area contributed by atoms with E-state index in [4.69, 9.17) is 17.3 Å². The molecule has 4 nitrogen and oxygen atoms in total. The van der Waals surface area contributed by atoms with E-state index >= 15 is 0 Å². The molecule has 1 aromatic carbocycles. The van der Waals surface area contributed by atoms with Gasteiger partial charge < -0.3 is 11.1 Å². The lowest BCUT2D eigenvalue weighted by molar-refractivity contribution is -0.117. The molecule has 0 spiro atoms. The standard InChI is InChI=1S/C13H18ClN3O/c1-9-3-2-6-17(9)8-13(18)16-12-7-10(14)4-5-11(12)15/h4-5,7,9H,2-3,6,8,15H2,1H3,(H,16,18). The van der Waals surface area contributed by atoms with E-state index in [2.05, 4.69) is 17.1 Å². The third-order valence-electron chi connectivity index (χ3n) is 3.33. The number of carbonyl (C=O) groups excluding carboxylic acids is 1. The summed E-state index contributed by atoms with van der Waals surface area (Å²) < 4.78 is 0. The fourth-order valence-corrected chi connectivity index (χ4v) is 2.41.